The van der Waals surface area contributed by atoms with Gasteiger partial charge in [0.2, 0.25) is 0 Å². The highest BCUT2D eigenvalue weighted by Crippen LogP contribution is 2.66. The number of carbonyl (C=O) groups is 2. The molecule has 4 fully saturated rings. The predicted octanol–water partition coefficient (Wildman–Crippen LogP) is 2.73. The lowest BCUT2D eigenvalue weighted by atomic mass is 9.55. The number of hydrogen-bond donors (Lipinski definition) is 3. The van der Waals surface area contributed by atoms with Gasteiger partial charge in [-0.15, -0.1) is 0 Å². The fourth-order valence-corrected chi connectivity index (χ4v) is 9.30. The number of fused-ring (bicyclic) bond motifs is 3. The van der Waals surface area contributed by atoms with Crippen LogP contribution in [0, 0.1) is 23.2 Å². The van der Waals surface area contributed by atoms with Crippen molar-refractivity contribution in [2.45, 2.75) is 121 Å². The van der Waals surface area contributed by atoms with Crippen LogP contribution in [0.2, 0.25) is 0 Å². The molecule has 6 rings (SSSR count). The average molecular weight is 517 g/mol. The van der Waals surface area contributed by atoms with Crippen LogP contribution < -0.4 is 0 Å². The zero-order valence-corrected chi connectivity index (χ0v) is 22.5. The van der Waals surface area contributed by atoms with Gasteiger partial charge >= 0.3 is 11.9 Å². The number of carbonyl (C=O) groups excluding carboxylic acids is 2. The van der Waals surface area contributed by atoms with Crippen LogP contribution in [0.5, 0.6) is 0 Å². The smallest absolute Gasteiger partial charge is 0.334 e. The molecule has 0 aromatic heterocycles. The summed E-state index contributed by atoms with van der Waals surface area (Å²) in [7, 11) is 0. The van der Waals surface area contributed by atoms with Gasteiger partial charge in [0.05, 0.1) is 23.7 Å². The second-order valence-corrected chi connectivity index (χ2v) is 13.3. The molecule has 0 amide bonds. The van der Waals surface area contributed by atoms with E-state index >= 15 is 0 Å². The Morgan fingerprint density at radius 2 is 1.81 bits per heavy atom. The highest BCUT2D eigenvalue weighted by Gasteiger charge is 2.72. The highest BCUT2D eigenvalue weighted by atomic mass is 16.6. The highest BCUT2D eigenvalue weighted by molar-refractivity contribution is 5.90. The van der Waals surface area contributed by atoms with E-state index in [0.29, 0.717) is 37.7 Å². The third-order valence-corrected chi connectivity index (χ3v) is 11.1. The molecule has 0 aromatic carbocycles. The van der Waals surface area contributed by atoms with E-state index in [9.17, 15) is 24.9 Å². The maximum Gasteiger partial charge on any atom is 0.334 e. The second kappa shape index (κ2) is 7.90. The van der Waals surface area contributed by atoms with Gasteiger partial charge in [0, 0.05) is 29.2 Å². The van der Waals surface area contributed by atoms with Crippen LogP contribution in [-0.2, 0) is 23.8 Å². The number of hydrogen-bond acceptors (Lipinski definition) is 8. The van der Waals surface area contributed by atoms with Crippen molar-refractivity contribution in [2.24, 2.45) is 23.2 Å². The maximum atomic E-state index is 12.4. The molecule has 6 aliphatic rings. The van der Waals surface area contributed by atoms with E-state index in [2.05, 4.69) is 20.8 Å². The molecule has 1 spiro atoms. The van der Waals surface area contributed by atoms with Gasteiger partial charge in [-0.05, 0) is 64.9 Å². The van der Waals surface area contributed by atoms with Crippen molar-refractivity contribution in [1.82, 2.24) is 0 Å². The van der Waals surface area contributed by atoms with Gasteiger partial charge in [0.15, 0.2) is 0 Å². The standard InChI is InChI=1S/C29H40O8/c1-14-10-18(35-25(14)33)24(32)15(2)16-11-21(30)27(5)17(16)8-9-28(34)13-29-19(6-7-20(27)28)26(3,4)36-22(29)12-23(31)37-29/h10,15,18-22,24,30,32,34H,6-9,11-13H2,1-5H3/t15-,18+,19+,20+,21+,22-,24-,27+,28+,29-/m1/s1. The average Bonchev–Trinajstić information content (AvgIpc) is 3.40. The molecule has 8 nitrogen and oxygen atoms in total. The third-order valence-electron chi connectivity index (χ3n) is 11.1. The van der Waals surface area contributed by atoms with Crippen molar-refractivity contribution in [3.05, 3.63) is 22.8 Å². The number of esters is 2. The van der Waals surface area contributed by atoms with Crippen molar-refractivity contribution in [3.63, 3.8) is 0 Å². The van der Waals surface area contributed by atoms with Crippen LogP contribution in [-0.4, -0.2) is 68.5 Å². The Hall–Kier alpha value is -1.74. The lowest BCUT2D eigenvalue weighted by Crippen LogP contribution is -2.57. The molecule has 0 unspecified atom stereocenters. The topological polar surface area (TPSA) is 123 Å². The Balaban J connectivity index is 1.35. The Morgan fingerprint density at radius 1 is 1.11 bits per heavy atom. The number of aliphatic hydroxyl groups excluding tert-OH is 2. The molecule has 204 valence electrons. The summed E-state index contributed by atoms with van der Waals surface area (Å²) in [6, 6.07) is 0. The van der Waals surface area contributed by atoms with E-state index in [1.54, 1.807) is 13.0 Å². The van der Waals surface area contributed by atoms with E-state index in [1.165, 1.54) is 0 Å². The monoisotopic (exact) mass is 516 g/mol. The Morgan fingerprint density at radius 3 is 2.49 bits per heavy atom. The molecule has 3 aliphatic carbocycles. The van der Waals surface area contributed by atoms with Crippen LogP contribution in [0.3, 0.4) is 0 Å². The van der Waals surface area contributed by atoms with E-state index in [-0.39, 0.29) is 36.2 Å². The summed E-state index contributed by atoms with van der Waals surface area (Å²) < 4.78 is 17.8. The maximum absolute atomic E-state index is 12.4. The normalized spacial score (nSPS) is 47.8. The third kappa shape index (κ3) is 3.34. The molecule has 0 radical (unpaired) electrons. The van der Waals surface area contributed by atoms with E-state index in [0.717, 1.165) is 17.6 Å². The first-order valence-corrected chi connectivity index (χ1v) is 13.8. The molecule has 0 aromatic rings. The number of cyclic esters (lactones) is 1. The molecule has 3 N–H and O–H groups in total. The molecule has 2 saturated carbocycles. The van der Waals surface area contributed by atoms with Crippen LogP contribution in [0.1, 0.15) is 79.6 Å². The summed E-state index contributed by atoms with van der Waals surface area (Å²) in [6.45, 7) is 9.77. The summed E-state index contributed by atoms with van der Waals surface area (Å²) in [5.74, 6) is -1.24. The zero-order valence-electron chi connectivity index (χ0n) is 22.5. The van der Waals surface area contributed by atoms with Crippen LogP contribution in [0.15, 0.2) is 22.8 Å². The Labute approximate surface area is 218 Å². The molecule has 8 heteroatoms. The first-order valence-electron chi connectivity index (χ1n) is 13.8. The van der Waals surface area contributed by atoms with Crippen molar-refractivity contribution in [2.75, 3.05) is 0 Å². The second-order valence-electron chi connectivity index (χ2n) is 13.3. The van der Waals surface area contributed by atoms with E-state index in [1.807, 2.05) is 6.92 Å². The first-order chi connectivity index (χ1) is 17.2. The van der Waals surface area contributed by atoms with Crippen LogP contribution in [0.25, 0.3) is 0 Å². The van der Waals surface area contributed by atoms with Gasteiger partial charge in [-0.1, -0.05) is 25.0 Å². The van der Waals surface area contributed by atoms with Gasteiger partial charge in [-0.3, -0.25) is 4.79 Å². The minimum absolute atomic E-state index is 0.0343. The summed E-state index contributed by atoms with van der Waals surface area (Å²) in [5.41, 5.74) is -0.466. The molecular formula is C29H40O8. The fourth-order valence-electron chi connectivity index (χ4n) is 9.30. The first kappa shape index (κ1) is 25.5. The van der Waals surface area contributed by atoms with Crippen molar-refractivity contribution >= 4 is 11.9 Å². The van der Waals surface area contributed by atoms with Gasteiger partial charge in [0.1, 0.15) is 23.9 Å². The number of rotatable bonds is 3. The molecule has 10 atom stereocenters. The molecule has 0 bridgehead atoms. The zero-order chi connectivity index (χ0) is 26.7. The summed E-state index contributed by atoms with van der Waals surface area (Å²) in [5, 5.41) is 35.0. The minimum Gasteiger partial charge on any atom is -0.456 e. The molecule has 3 heterocycles. The van der Waals surface area contributed by atoms with E-state index < -0.39 is 46.5 Å². The molecular weight excluding hydrogens is 476 g/mol. The summed E-state index contributed by atoms with van der Waals surface area (Å²) in [6.07, 6.45) is 2.45. The number of aliphatic hydroxyl groups is 3. The molecule has 3 aliphatic heterocycles. The molecule has 37 heavy (non-hydrogen) atoms. The summed E-state index contributed by atoms with van der Waals surface area (Å²) in [4.78, 5) is 24.3. The van der Waals surface area contributed by atoms with Gasteiger partial charge in [-0.25, -0.2) is 4.79 Å². The SMILES string of the molecule is CC1=C[C@@H]([C@H](O)[C@H](C)C2=C3CC[C@]4(O)C[C@]56OC(=O)C[C@H]5OC(C)(C)[C@@H]6CC[C@H]4[C@@]3(C)[C@@H](O)C2)OC1=O. The molecule has 2 saturated heterocycles. The van der Waals surface area contributed by atoms with Crippen molar-refractivity contribution in [3.8, 4) is 0 Å². The van der Waals surface area contributed by atoms with Crippen LogP contribution >= 0.6 is 0 Å². The number of ether oxygens (including phenoxy) is 3. The Kier molecular flexibility index (Phi) is 5.45. The quantitative estimate of drug-likeness (QED) is 0.387. The van der Waals surface area contributed by atoms with Crippen molar-refractivity contribution in [1.29, 1.82) is 0 Å². The minimum atomic E-state index is -1.11. The fraction of sp³-hybridized carbons (Fsp3) is 0.793. The lowest BCUT2D eigenvalue weighted by Gasteiger charge is -2.53. The predicted molar refractivity (Wildman–Crippen MR) is 132 cm³/mol. The summed E-state index contributed by atoms with van der Waals surface area (Å²) >= 11 is 0. The van der Waals surface area contributed by atoms with Crippen LogP contribution in [0.4, 0.5) is 0 Å². The van der Waals surface area contributed by atoms with Gasteiger partial charge in [-0.2, -0.15) is 0 Å². The largest absolute Gasteiger partial charge is 0.456 e. The van der Waals surface area contributed by atoms with E-state index in [4.69, 9.17) is 14.2 Å². The van der Waals surface area contributed by atoms with Gasteiger partial charge in [0.25, 0.3) is 0 Å². The lowest BCUT2D eigenvalue weighted by molar-refractivity contribution is -0.170. The van der Waals surface area contributed by atoms with Crippen molar-refractivity contribution < 1.29 is 39.1 Å². The Bertz CT molecular complexity index is 1110. The van der Waals surface area contributed by atoms with Gasteiger partial charge < -0.3 is 29.5 Å².